The molecule has 6 heteroatoms. The Kier molecular flexibility index (Phi) is 4.44. The van der Waals surface area contributed by atoms with Crippen LogP contribution in [0.1, 0.15) is 27.2 Å². The van der Waals surface area contributed by atoms with Gasteiger partial charge in [-0.05, 0) is 27.2 Å². The van der Waals surface area contributed by atoms with Crippen LogP contribution in [0.2, 0.25) is 0 Å². The number of benzene rings is 1. The number of ether oxygens (including phenoxy) is 2. The molecule has 1 aromatic carbocycles. The van der Waals surface area contributed by atoms with Crippen LogP contribution >= 0.6 is 0 Å². The van der Waals surface area contributed by atoms with Gasteiger partial charge < -0.3 is 14.8 Å². The third kappa shape index (κ3) is 3.60. The summed E-state index contributed by atoms with van der Waals surface area (Å²) < 4.78 is 11.0. The predicted octanol–water partition coefficient (Wildman–Crippen LogP) is 2.97. The lowest BCUT2D eigenvalue weighted by molar-refractivity contribution is -0.384. The van der Waals surface area contributed by atoms with Gasteiger partial charge in [0.1, 0.15) is 5.75 Å². The summed E-state index contributed by atoms with van der Waals surface area (Å²) in [5.41, 5.74) is 0.717. The molecule has 1 N–H and O–H groups in total. The van der Waals surface area contributed by atoms with E-state index in [4.69, 9.17) is 9.47 Å². The van der Waals surface area contributed by atoms with E-state index in [0.717, 1.165) is 6.42 Å². The lowest BCUT2D eigenvalue weighted by Gasteiger charge is -2.18. The lowest BCUT2D eigenvalue weighted by Crippen LogP contribution is -2.26. The first kappa shape index (κ1) is 14.6. The topological polar surface area (TPSA) is 73.6 Å². The second-order valence-electron chi connectivity index (χ2n) is 5.25. The van der Waals surface area contributed by atoms with Crippen molar-refractivity contribution in [3.8, 4) is 5.75 Å². The highest BCUT2D eigenvalue weighted by Gasteiger charge is 2.24. The number of anilines is 1. The van der Waals surface area contributed by atoms with Crippen molar-refractivity contribution in [2.45, 2.75) is 45.4 Å². The van der Waals surface area contributed by atoms with Gasteiger partial charge in [0.15, 0.2) is 0 Å². The third-order valence-corrected chi connectivity index (χ3v) is 3.20. The maximum absolute atomic E-state index is 11.0. The van der Waals surface area contributed by atoms with Gasteiger partial charge in [0.2, 0.25) is 0 Å². The summed E-state index contributed by atoms with van der Waals surface area (Å²) in [6, 6.07) is 4.93. The second-order valence-corrected chi connectivity index (χ2v) is 5.25. The number of nitrogens with one attached hydrogen (secondary N) is 1. The molecule has 0 spiro atoms. The van der Waals surface area contributed by atoms with Crippen molar-refractivity contribution in [3.05, 3.63) is 28.3 Å². The van der Waals surface area contributed by atoms with Crippen LogP contribution in [-0.2, 0) is 4.74 Å². The van der Waals surface area contributed by atoms with Crippen molar-refractivity contribution in [3.63, 3.8) is 0 Å². The molecule has 0 aromatic heterocycles. The minimum Gasteiger partial charge on any atom is -0.491 e. The first-order chi connectivity index (χ1) is 9.45. The lowest BCUT2D eigenvalue weighted by atomic mass is 10.1. The van der Waals surface area contributed by atoms with Crippen molar-refractivity contribution in [1.82, 2.24) is 0 Å². The normalized spacial score (nSPS) is 22.0. The molecule has 1 heterocycles. The van der Waals surface area contributed by atoms with E-state index >= 15 is 0 Å². The zero-order chi connectivity index (χ0) is 14.7. The average molecular weight is 280 g/mol. The second kappa shape index (κ2) is 6.09. The van der Waals surface area contributed by atoms with Gasteiger partial charge in [-0.2, -0.15) is 0 Å². The molecule has 0 saturated carbocycles. The molecule has 1 aliphatic rings. The van der Waals surface area contributed by atoms with Crippen LogP contribution in [0.25, 0.3) is 0 Å². The fourth-order valence-corrected chi connectivity index (χ4v) is 2.25. The number of nitrogens with zero attached hydrogens (tertiary/aromatic N) is 1. The first-order valence-corrected chi connectivity index (χ1v) is 6.80. The van der Waals surface area contributed by atoms with Crippen LogP contribution in [0.15, 0.2) is 18.2 Å². The monoisotopic (exact) mass is 280 g/mol. The third-order valence-electron chi connectivity index (χ3n) is 3.20. The summed E-state index contributed by atoms with van der Waals surface area (Å²) in [5.74, 6) is 0.503. The van der Waals surface area contributed by atoms with Crippen molar-refractivity contribution in [2.24, 2.45) is 0 Å². The van der Waals surface area contributed by atoms with Gasteiger partial charge >= 0.3 is 0 Å². The van der Waals surface area contributed by atoms with Crippen molar-refractivity contribution in [2.75, 3.05) is 11.9 Å². The molecule has 2 atom stereocenters. The van der Waals surface area contributed by atoms with E-state index in [1.807, 2.05) is 20.8 Å². The maximum Gasteiger partial charge on any atom is 0.275 e. The summed E-state index contributed by atoms with van der Waals surface area (Å²) in [6.45, 7) is 6.48. The summed E-state index contributed by atoms with van der Waals surface area (Å²) >= 11 is 0. The van der Waals surface area contributed by atoms with Crippen LogP contribution in [0.3, 0.4) is 0 Å². The van der Waals surface area contributed by atoms with E-state index < -0.39 is 4.92 Å². The van der Waals surface area contributed by atoms with E-state index in [2.05, 4.69) is 5.32 Å². The smallest absolute Gasteiger partial charge is 0.275 e. The quantitative estimate of drug-likeness (QED) is 0.663. The standard InChI is InChI=1S/C14H20N2O4/c1-9(2)20-13-7-11(6-12(8-13)16(17)18)15-14-4-5-19-10(14)3/h6-10,14-15H,4-5H2,1-3H3. The maximum atomic E-state index is 11.0. The molecule has 0 aliphatic carbocycles. The molecule has 0 radical (unpaired) electrons. The van der Waals surface area contributed by atoms with E-state index in [-0.39, 0.29) is 23.9 Å². The van der Waals surface area contributed by atoms with Crippen LogP contribution < -0.4 is 10.1 Å². The highest BCUT2D eigenvalue weighted by Crippen LogP contribution is 2.28. The Morgan fingerprint density at radius 3 is 2.75 bits per heavy atom. The SMILES string of the molecule is CC(C)Oc1cc(NC2CCOC2C)cc([N+](=O)[O-])c1. The molecule has 110 valence electrons. The molecular weight excluding hydrogens is 260 g/mol. The number of nitro groups is 1. The zero-order valence-corrected chi connectivity index (χ0v) is 12.0. The van der Waals surface area contributed by atoms with Gasteiger partial charge in [0, 0.05) is 24.4 Å². The van der Waals surface area contributed by atoms with Crippen LogP contribution in [0.5, 0.6) is 5.75 Å². The molecule has 1 aromatic rings. The zero-order valence-electron chi connectivity index (χ0n) is 12.0. The van der Waals surface area contributed by atoms with Gasteiger partial charge in [-0.1, -0.05) is 0 Å². The van der Waals surface area contributed by atoms with Crippen molar-refractivity contribution < 1.29 is 14.4 Å². The Morgan fingerprint density at radius 2 is 2.20 bits per heavy atom. The van der Waals surface area contributed by atoms with Gasteiger partial charge in [-0.15, -0.1) is 0 Å². The molecular formula is C14H20N2O4. The minimum absolute atomic E-state index is 0.0252. The Morgan fingerprint density at radius 1 is 1.45 bits per heavy atom. The summed E-state index contributed by atoms with van der Waals surface area (Å²) in [7, 11) is 0. The summed E-state index contributed by atoms with van der Waals surface area (Å²) in [5, 5.41) is 14.3. The Hall–Kier alpha value is -1.82. The number of rotatable bonds is 5. The molecule has 6 nitrogen and oxygen atoms in total. The van der Waals surface area contributed by atoms with Gasteiger partial charge in [-0.3, -0.25) is 10.1 Å². The van der Waals surface area contributed by atoms with E-state index in [0.29, 0.717) is 18.0 Å². The van der Waals surface area contributed by atoms with Gasteiger partial charge in [0.25, 0.3) is 5.69 Å². The molecule has 2 rings (SSSR count). The molecule has 1 aliphatic heterocycles. The van der Waals surface area contributed by atoms with Crippen LogP contribution in [0.4, 0.5) is 11.4 Å². The van der Waals surface area contributed by atoms with Crippen LogP contribution in [0, 0.1) is 10.1 Å². The van der Waals surface area contributed by atoms with Crippen molar-refractivity contribution >= 4 is 11.4 Å². The average Bonchev–Trinajstić information content (AvgIpc) is 2.73. The number of hydrogen-bond donors (Lipinski definition) is 1. The fourth-order valence-electron chi connectivity index (χ4n) is 2.25. The van der Waals surface area contributed by atoms with Gasteiger partial charge in [-0.25, -0.2) is 0 Å². The number of non-ortho nitro benzene ring substituents is 1. The Bertz CT molecular complexity index is 490. The fraction of sp³-hybridized carbons (Fsp3) is 0.571. The first-order valence-electron chi connectivity index (χ1n) is 6.80. The largest absolute Gasteiger partial charge is 0.491 e. The summed E-state index contributed by atoms with van der Waals surface area (Å²) in [6.07, 6.45) is 0.965. The summed E-state index contributed by atoms with van der Waals surface area (Å²) in [4.78, 5) is 10.6. The number of nitro benzene ring substituents is 1. The van der Waals surface area contributed by atoms with E-state index in [1.54, 1.807) is 6.07 Å². The van der Waals surface area contributed by atoms with E-state index in [9.17, 15) is 10.1 Å². The highest BCUT2D eigenvalue weighted by atomic mass is 16.6. The molecule has 0 amide bonds. The molecule has 0 bridgehead atoms. The van der Waals surface area contributed by atoms with E-state index in [1.165, 1.54) is 12.1 Å². The molecule has 20 heavy (non-hydrogen) atoms. The van der Waals surface area contributed by atoms with Gasteiger partial charge in [0.05, 0.1) is 29.2 Å². The molecule has 1 saturated heterocycles. The molecule has 1 fully saturated rings. The van der Waals surface area contributed by atoms with Crippen molar-refractivity contribution in [1.29, 1.82) is 0 Å². The molecule has 2 unspecified atom stereocenters. The predicted molar refractivity (Wildman–Crippen MR) is 76.3 cm³/mol. The Balaban J connectivity index is 2.21. The highest BCUT2D eigenvalue weighted by molar-refractivity contribution is 5.57. The van der Waals surface area contributed by atoms with Crippen LogP contribution in [-0.4, -0.2) is 29.8 Å². The Labute approximate surface area is 118 Å². The number of hydrogen-bond acceptors (Lipinski definition) is 5. The minimum atomic E-state index is -0.410.